The highest BCUT2D eigenvalue weighted by Crippen LogP contribution is 2.23. The molecule has 110 valence electrons. The molecule has 3 rings (SSSR count). The van der Waals surface area contributed by atoms with Gasteiger partial charge in [-0.3, -0.25) is 10.2 Å². The molecule has 0 spiro atoms. The van der Waals surface area contributed by atoms with Crippen LogP contribution in [0, 0.1) is 5.82 Å². The summed E-state index contributed by atoms with van der Waals surface area (Å²) in [6, 6.07) is 12.5. The molecule has 0 fully saturated rings. The second kappa shape index (κ2) is 5.99. The standard InChI is InChI=1S/C16H11ClFN3O/c17-11-3-6-14-13(7-11)15(8-16(22)20-14)21-19-9-10-1-4-12(18)5-2-10/h1-9H,(H2,20,21,22)/b19-9+. The van der Waals surface area contributed by atoms with Crippen LogP contribution in [-0.2, 0) is 0 Å². The van der Waals surface area contributed by atoms with Crippen LogP contribution < -0.4 is 11.0 Å². The average molecular weight is 316 g/mol. The Morgan fingerprint density at radius 3 is 2.68 bits per heavy atom. The number of aromatic amines is 1. The van der Waals surface area contributed by atoms with Crippen molar-refractivity contribution >= 4 is 34.4 Å². The average Bonchev–Trinajstić information content (AvgIpc) is 2.50. The van der Waals surface area contributed by atoms with E-state index in [2.05, 4.69) is 15.5 Å². The number of nitrogens with one attached hydrogen (secondary N) is 2. The van der Waals surface area contributed by atoms with Crippen molar-refractivity contribution in [3.05, 3.63) is 75.3 Å². The van der Waals surface area contributed by atoms with Gasteiger partial charge in [0, 0.05) is 16.5 Å². The predicted octanol–water partition coefficient (Wildman–Crippen LogP) is 3.77. The number of rotatable bonds is 3. The molecule has 0 aliphatic carbocycles. The largest absolute Gasteiger partial charge is 0.322 e. The van der Waals surface area contributed by atoms with Crippen LogP contribution in [0.15, 0.2) is 58.4 Å². The fourth-order valence-corrected chi connectivity index (χ4v) is 2.22. The lowest BCUT2D eigenvalue weighted by Crippen LogP contribution is -2.06. The van der Waals surface area contributed by atoms with E-state index in [4.69, 9.17) is 11.6 Å². The molecular formula is C16H11ClFN3O. The number of halogens is 2. The monoisotopic (exact) mass is 315 g/mol. The first-order valence-electron chi connectivity index (χ1n) is 6.49. The van der Waals surface area contributed by atoms with Crippen molar-refractivity contribution in [1.29, 1.82) is 0 Å². The SMILES string of the molecule is O=c1cc(N/N=C/c2ccc(F)cc2)c2cc(Cl)ccc2[nH]1. The van der Waals surface area contributed by atoms with Crippen molar-refractivity contribution in [2.24, 2.45) is 5.10 Å². The molecular weight excluding hydrogens is 305 g/mol. The number of benzene rings is 2. The summed E-state index contributed by atoms with van der Waals surface area (Å²) in [5, 5.41) is 5.38. The highest BCUT2D eigenvalue weighted by atomic mass is 35.5. The lowest BCUT2D eigenvalue weighted by molar-refractivity contribution is 0.628. The molecule has 2 aromatic carbocycles. The van der Waals surface area contributed by atoms with Gasteiger partial charge in [-0.25, -0.2) is 4.39 Å². The lowest BCUT2D eigenvalue weighted by atomic mass is 10.2. The van der Waals surface area contributed by atoms with Gasteiger partial charge in [-0.2, -0.15) is 5.10 Å². The van der Waals surface area contributed by atoms with Crippen molar-refractivity contribution in [3.8, 4) is 0 Å². The van der Waals surface area contributed by atoms with Gasteiger partial charge >= 0.3 is 0 Å². The molecule has 1 heterocycles. The fourth-order valence-electron chi connectivity index (χ4n) is 2.04. The number of hydrogen-bond donors (Lipinski definition) is 2. The maximum atomic E-state index is 12.8. The number of anilines is 1. The van der Waals surface area contributed by atoms with E-state index in [9.17, 15) is 9.18 Å². The molecule has 6 heteroatoms. The van der Waals surface area contributed by atoms with Gasteiger partial charge in [0.2, 0.25) is 0 Å². The molecule has 0 amide bonds. The van der Waals surface area contributed by atoms with E-state index < -0.39 is 0 Å². The van der Waals surface area contributed by atoms with Gasteiger partial charge in [0.05, 0.1) is 17.4 Å². The quantitative estimate of drug-likeness (QED) is 0.571. The molecule has 0 radical (unpaired) electrons. The van der Waals surface area contributed by atoms with Crippen molar-refractivity contribution in [1.82, 2.24) is 4.98 Å². The Kier molecular flexibility index (Phi) is 3.89. The number of H-pyrrole nitrogens is 1. The van der Waals surface area contributed by atoms with Crippen molar-refractivity contribution < 1.29 is 4.39 Å². The topological polar surface area (TPSA) is 57.2 Å². The third kappa shape index (κ3) is 3.15. The van der Waals surface area contributed by atoms with Crippen LogP contribution >= 0.6 is 11.6 Å². The highest BCUT2D eigenvalue weighted by molar-refractivity contribution is 6.31. The lowest BCUT2D eigenvalue weighted by Gasteiger charge is -2.05. The zero-order valence-corrected chi connectivity index (χ0v) is 12.1. The van der Waals surface area contributed by atoms with Gasteiger partial charge in [0.15, 0.2) is 0 Å². The number of fused-ring (bicyclic) bond motifs is 1. The number of hydrogen-bond acceptors (Lipinski definition) is 3. The third-order valence-corrected chi connectivity index (χ3v) is 3.31. The van der Waals surface area contributed by atoms with Gasteiger partial charge in [0.25, 0.3) is 5.56 Å². The first-order valence-corrected chi connectivity index (χ1v) is 6.87. The van der Waals surface area contributed by atoms with E-state index in [-0.39, 0.29) is 11.4 Å². The van der Waals surface area contributed by atoms with Gasteiger partial charge in [0.1, 0.15) is 5.82 Å². The van der Waals surface area contributed by atoms with E-state index in [1.165, 1.54) is 24.4 Å². The van der Waals surface area contributed by atoms with E-state index in [0.29, 0.717) is 16.2 Å². The number of nitrogens with zero attached hydrogens (tertiary/aromatic N) is 1. The number of pyridine rings is 1. The van der Waals surface area contributed by atoms with Gasteiger partial charge in [-0.1, -0.05) is 23.7 Å². The van der Waals surface area contributed by atoms with E-state index >= 15 is 0 Å². The number of aromatic nitrogens is 1. The summed E-state index contributed by atoms with van der Waals surface area (Å²) in [4.78, 5) is 14.4. The molecule has 0 atom stereocenters. The Bertz CT molecular complexity index is 903. The molecule has 0 saturated carbocycles. The Morgan fingerprint density at radius 1 is 1.14 bits per heavy atom. The fraction of sp³-hybridized carbons (Fsp3) is 0. The summed E-state index contributed by atoms with van der Waals surface area (Å²) < 4.78 is 12.8. The van der Waals surface area contributed by atoms with Crippen LogP contribution in [-0.4, -0.2) is 11.2 Å². The van der Waals surface area contributed by atoms with Crippen LogP contribution in [0.25, 0.3) is 10.9 Å². The van der Waals surface area contributed by atoms with Gasteiger partial charge in [-0.05, 0) is 35.9 Å². The molecule has 0 saturated heterocycles. The summed E-state index contributed by atoms with van der Waals surface area (Å²) >= 11 is 5.98. The van der Waals surface area contributed by atoms with E-state index in [1.54, 1.807) is 30.3 Å². The highest BCUT2D eigenvalue weighted by Gasteiger charge is 2.03. The molecule has 1 aromatic heterocycles. The van der Waals surface area contributed by atoms with Crippen molar-refractivity contribution in [3.63, 3.8) is 0 Å². The molecule has 22 heavy (non-hydrogen) atoms. The minimum Gasteiger partial charge on any atom is -0.322 e. The van der Waals surface area contributed by atoms with Crippen LogP contribution in [0.3, 0.4) is 0 Å². The van der Waals surface area contributed by atoms with Crippen LogP contribution in [0.4, 0.5) is 10.1 Å². The summed E-state index contributed by atoms with van der Waals surface area (Å²) in [7, 11) is 0. The van der Waals surface area contributed by atoms with Gasteiger partial charge < -0.3 is 4.98 Å². The summed E-state index contributed by atoms with van der Waals surface area (Å²) in [6.45, 7) is 0. The summed E-state index contributed by atoms with van der Waals surface area (Å²) in [5.41, 5.74) is 4.52. The molecule has 0 bridgehead atoms. The Morgan fingerprint density at radius 2 is 1.91 bits per heavy atom. The molecule has 4 nitrogen and oxygen atoms in total. The smallest absolute Gasteiger partial charge is 0.250 e. The summed E-state index contributed by atoms with van der Waals surface area (Å²) in [6.07, 6.45) is 1.54. The Labute approximate surface area is 130 Å². The first-order chi connectivity index (χ1) is 10.6. The predicted molar refractivity (Wildman–Crippen MR) is 87.2 cm³/mol. The first kappa shape index (κ1) is 14.3. The maximum Gasteiger partial charge on any atom is 0.250 e. The van der Waals surface area contributed by atoms with Crippen LogP contribution in [0.5, 0.6) is 0 Å². The van der Waals surface area contributed by atoms with Crippen LogP contribution in [0.1, 0.15) is 5.56 Å². The van der Waals surface area contributed by atoms with Gasteiger partial charge in [-0.15, -0.1) is 0 Å². The van der Waals surface area contributed by atoms with Crippen LogP contribution in [0.2, 0.25) is 5.02 Å². The Hall–Kier alpha value is -2.66. The molecule has 2 N–H and O–H groups in total. The van der Waals surface area contributed by atoms with Crippen molar-refractivity contribution in [2.45, 2.75) is 0 Å². The molecule has 0 aliphatic heterocycles. The normalized spacial score (nSPS) is 11.2. The second-order valence-electron chi connectivity index (χ2n) is 4.66. The third-order valence-electron chi connectivity index (χ3n) is 3.07. The summed E-state index contributed by atoms with van der Waals surface area (Å²) in [5.74, 6) is -0.305. The molecule has 3 aromatic rings. The van der Waals surface area contributed by atoms with E-state index in [1.807, 2.05) is 0 Å². The number of hydrazone groups is 1. The maximum absolute atomic E-state index is 12.8. The Balaban J connectivity index is 1.91. The van der Waals surface area contributed by atoms with Crippen molar-refractivity contribution in [2.75, 3.05) is 5.43 Å². The van der Waals surface area contributed by atoms with E-state index in [0.717, 1.165) is 10.9 Å². The zero-order chi connectivity index (χ0) is 15.5. The minimum atomic E-state index is -0.305. The molecule has 0 aliphatic rings. The zero-order valence-electron chi connectivity index (χ0n) is 11.3. The molecule has 0 unspecified atom stereocenters. The second-order valence-corrected chi connectivity index (χ2v) is 5.10. The minimum absolute atomic E-state index is 0.241.